The first-order valence-electron chi connectivity index (χ1n) is 4.91. The molecule has 3 N–H and O–H groups in total. The molecule has 1 heterocycles. The van der Waals surface area contributed by atoms with E-state index >= 15 is 0 Å². The molecule has 0 amide bonds. The predicted octanol–water partition coefficient (Wildman–Crippen LogP) is -1.23. The second kappa shape index (κ2) is 5.41. The average Bonchev–Trinajstić information content (AvgIpc) is 2.43. The van der Waals surface area contributed by atoms with Gasteiger partial charge in [0.25, 0.3) is 0 Å². The lowest BCUT2D eigenvalue weighted by Crippen LogP contribution is -2.34. The van der Waals surface area contributed by atoms with Crippen molar-refractivity contribution in [1.29, 1.82) is 0 Å². The van der Waals surface area contributed by atoms with E-state index in [9.17, 15) is 9.90 Å². The van der Waals surface area contributed by atoms with Gasteiger partial charge in [0.05, 0.1) is 0 Å². The van der Waals surface area contributed by atoms with E-state index in [0.717, 1.165) is 0 Å². The van der Waals surface area contributed by atoms with Crippen LogP contribution < -0.4 is 0 Å². The molecule has 0 unspecified atom stereocenters. The summed E-state index contributed by atoms with van der Waals surface area (Å²) < 4.78 is 9.58. The van der Waals surface area contributed by atoms with Gasteiger partial charge in [0.15, 0.2) is 6.29 Å². The smallest absolute Gasteiger partial charge is 0.305 e. The fraction of sp³-hybridized carbons (Fsp3) is 0.889. The Morgan fingerprint density at radius 1 is 1.33 bits per heavy atom. The van der Waals surface area contributed by atoms with E-state index < -0.39 is 24.6 Å². The molecule has 0 aromatic carbocycles. The Labute approximate surface area is 87.4 Å². The van der Waals surface area contributed by atoms with Gasteiger partial charge in [-0.3, -0.25) is 4.79 Å². The minimum Gasteiger partial charge on any atom is -0.463 e. The largest absolute Gasteiger partial charge is 0.463 e. The summed E-state index contributed by atoms with van der Waals surface area (Å²) >= 11 is 0. The zero-order chi connectivity index (χ0) is 11.4. The highest BCUT2D eigenvalue weighted by atomic mass is 16.7. The summed E-state index contributed by atoms with van der Waals surface area (Å²) in [6, 6.07) is 0. The van der Waals surface area contributed by atoms with Crippen LogP contribution in [-0.4, -0.2) is 52.5 Å². The highest BCUT2D eigenvalue weighted by Crippen LogP contribution is 2.19. The van der Waals surface area contributed by atoms with Gasteiger partial charge in [0.2, 0.25) is 0 Å². The minimum atomic E-state index is -1.42. The lowest BCUT2D eigenvalue weighted by molar-refractivity contribution is -0.157. The van der Waals surface area contributed by atoms with E-state index in [1.54, 1.807) is 0 Å². The van der Waals surface area contributed by atoms with Crippen LogP contribution in [0.3, 0.4) is 0 Å². The zero-order valence-electron chi connectivity index (χ0n) is 8.50. The molecule has 0 radical (unpaired) electrons. The summed E-state index contributed by atoms with van der Waals surface area (Å²) in [6.07, 6.45) is -3.88. The molecule has 0 aliphatic carbocycles. The molecule has 0 spiro atoms. The molecule has 4 atom stereocenters. The fourth-order valence-electron chi connectivity index (χ4n) is 1.32. The fourth-order valence-corrected chi connectivity index (χ4v) is 1.32. The van der Waals surface area contributed by atoms with Crippen LogP contribution in [-0.2, 0) is 14.3 Å². The summed E-state index contributed by atoms with van der Waals surface area (Å²) in [4.78, 5) is 11.0. The third kappa shape index (κ3) is 3.13. The highest BCUT2D eigenvalue weighted by molar-refractivity contribution is 5.69. The molecule has 0 saturated carbocycles. The zero-order valence-corrected chi connectivity index (χ0v) is 8.50. The van der Waals surface area contributed by atoms with Gasteiger partial charge in [0, 0.05) is 6.42 Å². The molecule has 0 bridgehead atoms. The molecule has 1 aliphatic heterocycles. The Balaban J connectivity index is 2.31. The van der Waals surface area contributed by atoms with Crippen LogP contribution in [0.25, 0.3) is 0 Å². The third-order valence-corrected chi connectivity index (χ3v) is 2.20. The van der Waals surface area contributed by atoms with Crippen molar-refractivity contribution in [2.45, 2.75) is 44.4 Å². The van der Waals surface area contributed by atoms with E-state index in [0.29, 0.717) is 12.8 Å². The maximum absolute atomic E-state index is 11.0. The van der Waals surface area contributed by atoms with Gasteiger partial charge in [-0.25, -0.2) is 0 Å². The molecule has 0 aromatic heterocycles. The number of hydrogen-bond donors (Lipinski definition) is 3. The molecule has 1 saturated heterocycles. The van der Waals surface area contributed by atoms with Gasteiger partial charge < -0.3 is 24.8 Å². The van der Waals surface area contributed by atoms with Crippen molar-refractivity contribution < 1.29 is 29.6 Å². The first-order chi connectivity index (χ1) is 7.06. The summed E-state index contributed by atoms with van der Waals surface area (Å²) in [5.41, 5.74) is 0. The monoisotopic (exact) mass is 220 g/mol. The van der Waals surface area contributed by atoms with Crippen LogP contribution >= 0.6 is 0 Å². The van der Waals surface area contributed by atoms with Crippen molar-refractivity contribution in [2.24, 2.45) is 0 Å². The Morgan fingerprint density at radius 2 is 2.00 bits per heavy atom. The van der Waals surface area contributed by atoms with E-state index in [1.807, 2.05) is 6.92 Å². The first-order valence-corrected chi connectivity index (χ1v) is 4.91. The first kappa shape index (κ1) is 12.4. The molecule has 88 valence electrons. The lowest BCUT2D eigenvalue weighted by Gasteiger charge is -2.13. The maximum atomic E-state index is 11.0. The van der Waals surface area contributed by atoms with Crippen LogP contribution in [0.15, 0.2) is 0 Å². The average molecular weight is 220 g/mol. The van der Waals surface area contributed by atoms with E-state index in [2.05, 4.69) is 0 Å². The number of carbonyl (C=O) groups excluding carboxylic acids is 1. The number of carbonyl (C=O) groups is 1. The number of aliphatic hydroxyl groups excluding tert-OH is 3. The van der Waals surface area contributed by atoms with Crippen LogP contribution in [0.4, 0.5) is 0 Å². The van der Waals surface area contributed by atoms with Crippen molar-refractivity contribution in [3.8, 4) is 0 Å². The standard InChI is InChI=1S/C9H16O6/c1-2-3-6(10)14-4-5-7(11)8(12)9(13)15-5/h5,7-9,11-13H,2-4H2,1H3/t5-,7-,8-,9-/m1/s1. The molecular formula is C9H16O6. The van der Waals surface area contributed by atoms with E-state index in [-0.39, 0.29) is 12.6 Å². The summed E-state index contributed by atoms with van der Waals surface area (Å²) in [5, 5.41) is 27.5. The molecule has 6 nitrogen and oxygen atoms in total. The van der Waals surface area contributed by atoms with E-state index in [4.69, 9.17) is 19.7 Å². The predicted molar refractivity (Wildman–Crippen MR) is 48.8 cm³/mol. The molecule has 1 aliphatic rings. The number of ether oxygens (including phenoxy) is 2. The van der Waals surface area contributed by atoms with Gasteiger partial charge in [-0.05, 0) is 6.42 Å². The van der Waals surface area contributed by atoms with Crippen molar-refractivity contribution in [1.82, 2.24) is 0 Å². The number of esters is 1. The SMILES string of the molecule is CCCC(=O)OC[C@H]1O[C@@H](O)[C@H](O)[C@@H]1O. The third-order valence-electron chi connectivity index (χ3n) is 2.20. The Kier molecular flexibility index (Phi) is 4.46. The highest BCUT2D eigenvalue weighted by Gasteiger charge is 2.42. The van der Waals surface area contributed by atoms with Crippen molar-refractivity contribution >= 4 is 5.97 Å². The quantitative estimate of drug-likeness (QED) is 0.513. The van der Waals surface area contributed by atoms with Gasteiger partial charge in [0.1, 0.15) is 24.9 Å². The summed E-state index contributed by atoms with van der Waals surface area (Å²) in [5.74, 6) is -0.385. The molecule has 6 heteroatoms. The van der Waals surface area contributed by atoms with E-state index in [1.165, 1.54) is 0 Å². The maximum Gasteiger partial charge on any atom is 0.305 e. The minimum absolute atomic E-state index is 0.159. The van der Waals surface area contributed by atoms with Crippen LogP contribution in [0, 0.1) is 0 Å². The van der Waals surface area contributed by atoms with Crippen LogP contribution in [0.1, 0.15) is 19.8 Å². The normalized spacial score (nSPS) is 35.5. The van der Waals surface area contributed by atoms with Crippen molar-refractivity contribution in [2.75, 3.05) is 6.61 Å². The molecule has 1 rings (SSSR count). The molecular weight excluding hydrogens is 204 g/mol. The van der Waals surface area contributed by atoms with Crippen LogP contribution in [0.5, 0.6) is 0 Å². The summed E-state index contributed by atoms with van der Waals surface area (Å²) in [7, 11) is 0. The Bertz CT molecular complexity index is 219. The van der Waals surface area contributed by atoms with Crippen LogP contribution in [0.2, 0.25) is 0 Å². The van der Waals surface area contributed by atoms with Gasteiger partial charge in [-0.2, -0.15) is 0 Å². The second-order valence-electron chi connectivity index (χ2n) is 3.48. The summed E-state index contributed by atoms with van der Waals surface area (Å²) in [6.45, 7) is 1.68. The number of aliphatic hydroxyl groups is 3. The molecule has 15 heavy (non-hydrogen) atoms. The van der Waals surface area contributed by atoms with Crippen molar-refractivity contribution in [3.63, 3.8) is 0 Å². The van der Waals surface area contributed by atoms with Gasteiger partial charge in [-0.1, -0.05) is 6.92 Å². The molecule has 0 aromatic rings. The topological polar surface area (TPSA) is 96.2 Å². The van der Waals surface area contributed by atoms with Gasteiger partial charge in [-0.15, -0.1) is 0 Å². The van der Waals surface area contributed by atoms with Crippen molar-refractivity contribution in [3.05, 3.63) is 0 Å². The number of hydrogen-bond acceptors (Lipinski definition) is 6. The second-order valence-corrected chi connectivity index (χ2v) is 3.48. The lowest BCUT2D eigenvalue weighted by atomic mass is 10.1. The van der Waals surface area contributed by atoms with Gasteiger partial charge >= 0.3 is 5.97 Å². The Morgan fingerprint density at radius 3 is 2.47 bits per heavy atom. The Hall–Kier alpha value is -0.690. The molecule has 1 fully saturated rings. The number of rotatable bonds is 4.